The molecular formula is C31H24N4O2. The van der Waals surface area contributed by atoms with Crippen molar-refractivity contribution in [3.05, 3.63) is 84.8 Å². The molecule has 6 heteroatoms. The number of benzene rings is 3. The van der Waals surface area contributed by atoms with Crippen molar-refractivity contribution in [2.45, 2.75) is 13.3 Å². The van der Waals surface area contributed by atoms with Gasteiger partial charge in [-0.2, -0.15) is 0 Å². The first kappa shape index (κ1) is 21.6. The first-order valence-corrected chi connectivity index (χ1v) is 12.3. The van der Waals surface area contributed by atoms with Gasteiger partial charge in [-0.05, 0) is 59.5 Å². The highest BCUT2D eigenvalue weighted by atomic mass is 16.5. The molecule has 0 N–H and O–H groups in total. The van der Waals surface area contributed by atoms with Crippen LogP contribution in [0.2, 0.25) is 0 Å². The Morgan fingerprint density at radius 3 is 2.14 bits per heavy atom. The lowest BCUT2D eigenvalue weighted by Crippen LogP contribution is -1.97. The molecular weight excluding hydrogens is 460 g/mol. The van der Waals surface area contributed by atoms with Crippen molar-refractivity contribution in [3.8, 4) is 22.6 Å². The van der Waals surface area contributed by atoms with Crippen LogP contribution in [0.4, 0.5) is 0 Å². The standard InChI is InChI=1S/C31H24N4O2/c1-4-18-9-11-19(12-10-18)20-13-14-23(36-2)26-24(37-3)17-35-30-22-8-6-16-33-28(22)27-21(7-5-15-32-27)29(30)34-31(35)25(20)26/h5-17H,4H2,1-3H3. The number of nitrogens with zero attached hydrogens (tertiary/aromatic N) is 4. The van der Waals surface area contributed by atoms with E-state index in [0.29, 0.717) is 5.75 Å². The van der Waals surface area contributed by atoms with Gasteiger partial charge in [0.25, 0.3) is 0 Å². The second-order valence-electron chi connectivity index (χ2n) is 9.12. The van der Waals surface area contributed by atoms with Gasteiger partial charge in [0.1, 0.15) is 17.1 Å². The summed E-state index contributed by atoms with van der Waals surface area (Å²) >= 11 is 0. The number of imidazole rings is 1. The average molecular weight is 485 g/mol. The fourth-order valence-corrected chi connectivity index (χ4v) is 5.48. The molecule has 0 bridgehead atoms. The molecule has 7 rings (SSSR count). The van der Waals surface area contributed by atoms with Crippen LogP contribution in [-0.4, -0.2) is 33.6 Å². The Balaban J connectivity index is 1.74. The Morgan fingerprint density at radius 1 is 0.730 bits per heavy atom. The van der Waals surface area contributed by atoms with E-state index in [2.05, 4.69) is 58.8 Å². The summed E-state index contributed by atoms with van der Waals surface area (Å²) in [5.41, 5.74) is 7.88. The van der Waals surface area contributed by atoms with Gasteiger partial charge in [-0.25, -0.2) is 4.98 Å². The molecule has 180 valence electrons. The molecule has 4 aromatic heterocycles. The first-order chi connectivity index (χ1) is 18.2. The summed E-state index contributed by atoms with van der Waals surface area (Å²) in [6.07, 6.45) is 6.62. The maximum atomic E-state index is 5.97. The minimum absolute atomic E-state index is 0.717. The molecule has 0 spiro atoms. The fraction of sp³-hybridized carbons (Fsp3) is 0.129. The molecule has 0 aliphatic carbocycles. The van der Waals surface area contributed by atoms with Crippen LogP contribution in [0.3, 0.4) is 0 Å². The van der Waals surface area contributed by atoms with E-state index >= 15 is 0 Å². The fourth-order valence-electron chi connectivity index (χ4n) is 5.48. The van der Waals surface area contributed by atoms with Crippen LogP contribution in [-0.2, 0) is 6.42 Å². The van der Waals surface area contributed by atoms with Crippen molar-refractivity contribution >= 4 is 49.3 Å². The molecule has 0 amide bonds. The quantitative estimate of drug-likeness (QED) is 0.252. The summed E-state index contributed by atoms with van der Waals surface area (Å²) in [4.78, 5) is 14.7. The number of hydrogen-bond donors (Lipinski definition) is 0. The van der Waals surface area contributed by atoms with Crippen molar-refractivity contribution in [2.75, 3.05) is 14.2 Å². The zero-order valence-corrected chi connectivity index (χ0v) is 20.8. The van der Waals surface area contributed by atoms with Crippen molar-refractivity contribution < 1.29 is 9.47 Å². The van der Waals surface area contributed by atoms with E-state index in [9.17, 15) is 0 Å². The summed E-state index contributed by atoms with van der Waals surface area (Å²) in [5.74, 6) is 1.46. The van der Waals surface area contributed by atoms with E-state index < -0.39 is 0 Å². The number of aromatic nitrogens is 4. The number of ether oxygens (including phenoxy) is 2. The summed E-state index contributed by atoms with van der Waals surface area (Å²) < 4.78 is 13.9. The molecule has 37 heavy (non-hydrogen) atoms. The molecule has 3 aromatic carbocycles. The Bertz CT molecular complexity index is 1990. The molecule has 0 fully saturated rings. The molecule has 4 heterocycles. The zero-order valence-electron chi connectivity index (χ0n) is 20.8. The lowest BCUT2D eigenvalue weighted by atomic mass is 9.97. The van der Waals surface area contributed by atoms with Crippen molar-refractivity contribution in [1.82, 2.24) is 19.4 Å². The summed E-state index contributed by atoms with van der Waals surface area (Å²) in [6.45, 7) is 2.17. The maximum absolute atomic E-state index is 5.97. The third-order valence-corrected chi connectivity index (χ3v) is 7.26. The third-order valence-electron chi connectivity index (χ3n) is 7.26. The molecule has 7 aromatic rings. The molecule has 0 saturated heterocycles. The van der Waals surface area contributed by atoms with Gasteiger partial charge in [-0.3, -0.25) is 14.4 Å². The van der Waals surface area contributed by atoms with E-state index in [0.717, 1.165) is 72.6 Å². The van der Waals surface area contributed by atoms with E-state index in [4.69, 9.17) is 19.4 Å². The monoisotopic (exact) mass is 484 g/mol. The Labute approximate surface area is 213 Å². The molecule has 0 aliphatic heterocycles. The summed E-state index contributed by atoms with van der Waals surface area (Å²) in [6, 6.07) is 20.9. The molecule has 0 unspecified atom stereocenters. The van der Waals surface area contributed by atoms with Gasteiger partial charge in [0.05, 0.1) is 47.9 Å². The number of methoxy groups -OCH3 is 2. The highest BCUT2D eigenvalue weighted by Crippen LogP contribution is 2.44. The Morgan fingerprint density at radius 2 is 1.43 bits per heavy atom. The second kappa shape index (κ2) is 8.17. The number of aryl methyl sites for hydroxylation is 1. The largest absolute Gasteiger partial charge is 0.496 e. The van der Waals surface area contributed by atoms with Crippen LogP contribution in [0.5, 0.6) is 11.5 Å². The van der Waals surface area contributed by atoms with Gasteiger partial charge in [0.2, 0.25) is 0 Å². The van der Waals surface area contributed by atoms with Gasteiger partial charge < -0.3 is 9.47 Å². The number of hydrogen-bond acceptors (Lipinski definition) is 5. The van der Waals surface area contributed by atoms with Crippen molar-refractivity contribution in [1.29, 1.82) is 0 Å². The van der Waals surface area contributed by atoms with Gasteiger partial charge in [-0.1, -0.05) is 31.2 Å². The Kier molecular flexibility index (Phi) is 4.76. The normalized spacial score (nSPS) is 11.8. The van der Waals surface area contributed by atoms with Gasteiger partial charge in [0, 0.05) is 28.6 Å². The van der Waals surface area contributed by atoms with Crippen LogP contribution in [0.15, 0.2) is 79.3 Å². The topological polar surface area (TPSA) is 61.5 Å². The van der Waals surface area contributed by atoms with Crippen LogP contribution in [0.25, 0.3) is 60.4 Å². The zero-order chi connectivity index (χ0) is 25.1. The number of rotatable bonds is 4. The smallest absolute Gasteiger partial charge is 0.147 e. The number of fused-ring (bicyclic) bond motifs is 10. The average Bonchev–Trinajstić information content (AvgIpc) is 3.36. The van der Waals surface area contributed by atoms with Crippen LogP contribution in [0, 0.1) is 0 Å². The van der Waals surface area contributed by atoms with Gasteiger partial charge >= 0.3 is 0 Å². The van der Waals surface area contributed by atoms with Crippen LogP contribution in [0.1, 0.15) is 12.5 Å². The molecule has 0 radical (unpaired) electrons. The maximum Gasteiger partial charge on any atom is 0.147 e. The van der Waals surface area contributed by atoms with Crippen molar-refractivity contribution in [2.24, 2.45) is 0 Å². The lowest BCUT2D eigenvalue weighted by molar-refractivity contribution is 0.404. The molecule has 0 atom stereocenters. The van der Waals surface area contributed by atoms with Gasteiger partial charge in [0.15, 0.2) is 0 Å². The van der Waals surface area contributed by atoms with E-state index in [1.54, 1.807) is 20.4 Å². The molecule has 0 saturated carbocycles. The first-order valence-electron chi connectivity index (χ1n) is 12.3. The highest BCUT2D eigenvalue weighted by Gasteiger charge is 2.22. The van der Waals surface area contributed by atoms with Gasteiger partial charge in [-0.15, -0.1) is 0 Å². The minimum atomic E-state index is 0.717. The Hall–Kier alpha value is -4.71. The highest BCUT2D eigenvalue weighted by molar-refractivity contribution is 6.23. The van der Waals surface area contributed by atoms with Crippen molar-refractivity contribution in [3.63, 3.8) is 0 Å². The minimum Gasteiger partial charge on any atom is -0.496 e. The SMILES string of the molecule is CCc1ccc(-c2ccc(OC)c3c(OC)cn4c(nc5c6cccnc6c6ncccc6c54)c23)cc1. The predicted octanol–water partition coefficient (Wildman–Crippen LogP) is 6.98. The number of pyridine rings is 3. The van der Waals surface area contributed by atoms with Crippen LogP contribution >= 0.6 is 0 Å². The van der Waals surface area contributed by atoms with Crippen LogP contribution < -0.4 is 9.47 Å². The predicted molar refractivity (Wildman–Crippen MR) is 149 cm³/mol. The summed E-state index contributed by atoms with van der Waals surface area (Å²) in [5, 5.41) is 3.84. The third kappa shape index (κ3) is 3.02. The lowest BCUT2D eigenvalue weighted by Gasteiger charge is -2.15. The van der Waals surface area contributed by atoms with E-state index in [1.165, 1.54) is 5.56 Å². The summed E-state index contributed by atoms with van der Waals surface area (Å²) in [7, 11) is 3.38. The molecule has 6 nitrogen and oxygen atoms in total. The van der Waals surface area contributed by atoms with E-state index in [1.807, 2.05) is 30.6 Å². The molecule has 0 aliphatic rings. The van der Waals surface area contributed by atoms with E-state index in [-0.39, 0.29) is 0 Å². The second-order valence-corrected chi connectivity index (χ2v) is 9.12.